The van der Waals surface area contributed by atoms with E-state index in [4.69, 9.17) is 9.47 Å². The van der Waals surface area contributed by atoms with Gasteiger partial charge in [0, 0.05) is 24.1 Å². The lowest BCUT2D eigenvalue weighted by atomic mass is 10.2. The van der Waals surface area contributed by atoms with E-state index in [0.717, 1.165) is 41.5 Å². The molecule has 1 saturated heterocycles. The predicted molar refractivity (Wildman–Crippen MR) is 124 cm³/mol. The summed E-state index contributed by atoms with van der Waals surface area (Å²) in [6, 6.07) is 8.21. The Morgan fingerprint density at radius 2 is 2.23 bits per heavy atom. The normalized spacial score (nSPS) is 16.0. The molecule has 3 rings (SSSR count). The summed E-state index contributed by atoms with van der Waals surface area (Å²) in [5.74, 6) is 1.39. The van der Waals surface area contributed by atoms with Gasteiger partial charge in [-0.3, -0.25) is 4.79 Å². The highest BCUT2D eigenvalue weighted by Gasteiger charge is 2.31. The molecule has 1 aromatic carbocycles. The molecule has 1 amide bonds. The van der Waals surface area contributed by atoms with Crippen molar-refractivity contribution < 1.29 is 19.1 Å². The number of benzene rings is 1. The summed E-state index contributed by atoms with van der Waals surface area (Å²) in [6.45, 7) is 5.75. The van der Waals surface area contributed by atoms with Crippen LogP contribution in [0.4, 0.5) is 0 Å². The molecule has 1 aliphatic rings. The third-order valence-electron chi connectivity index (χ3n) is 5.18. The molecule has 31 heavy (non-hydrogen) atoms. The van der Waals surface area contributed by atoms with E-state index in [2.05, 4.69) is 31.0 Å². The molecule has 2 aromatic rings. The minimum Gasteiger partial charge on any atom is -0.491 e. The molecule has 168 valence electrons. The van der Waals surface area contributed by atoms with E-state index in [1.165, 1.54) is 16.9 Å². The van der Waals surface area contributed by atoms with Crippen LogP contribution in [-0.4, -0.2) is 53.3 Å². The van der Waals surface area contributed by atoms with Crippen molar-refractivity contribution in [2.75, 3.05) is 25.5 Å². The van der Waals surface area contributed by atoms with Gasteiger partial charge in [-0.15, -0.1) is 11.3 Å². The van der Waals surface area contributed by atoms with Crippen molar-refractivity contribution in [2.45, 2.75) is 56.3 Å². The van der Waals surface area contributed by atoms with Crippen LogP contribution >= 0.6 is 23.1 Å². The second-order valence-electron chi connectivity index (χ2n) is 7.43. The highest BCUT2D eigenvalue weighted by Crippen LogP contribution is 2.26. The topological polar surface area (TPSA) is 68.7 Å². The maximum atomic E-state index is 12.3. The van der Waals surface area contributed by atoms with Crippen molar-refractivity contribution in [1.29, 1.82) is 0 Å². The summed E-state index contributed by atoms with van der Waals surface area (Å²) in [7, 11) is 0. The molecule has 1 aliphatic heterocycles. The minimum absolute atomic E-state index is 0.0961. The Morgan fingerprint density at radius 3 is 3.03 bits per heavy atom. The molecule has 1 unspecified atom stereocenters. The fraction of sp³-hybridized carbons (Fsp3) is 0.522. The fourth-order valence-corrected chi connectivity index (χ4v) is 5.16. The van der Waals surface area contributed by atoms with Crippen LogP contribution in [0.1, 0.15) is 55.6 Å². The van der Waals surface area contributed by atoms with Crippen molar-refractivity contribution in [2.24, 2.45) is 0 Å². The monoisotopic (exact) mass is 462 g/mol. The van der Waals surface area contributed by atoms with Gasteiger partial charge in [0.2, 0.25) is 5.91 Å². The molecule has 2 heterocycles. The Labute approximate surface area is 192 Å². The smallest absolute Gasteiger partial charge is 0.357 e. The highest BCUT2D eigenvalue weighted by atomic mass is 32.2. The molecule has 0 bridgehead atoms. The number of thiazole rings is 1. The first-order chi connectivity index (χ1) is 15.1. The summed E-state index contributed by atoms with van der Waals surface area (Å²) < 4.78 is 12.0. The third-order valence-corrected chi connectivity index (χ3v) is 7.18. The number of carbonyl (C=O) groups is 2. The van der Waals surface area contributed by atoms with E-state index >= 15 is 0 Å². The first-order valence-electron chi connectivity index (χ1n) is 10.9. The van der Waals surface area contributed by atoms with E-state index < -0.39 is 0 Å². The second kappa shape index (κ2) is 12.1. The van der Waals surface area contributed by atoms with Crippen molar-refractivity contribution >= 4 is 35.0 Å². The van der Waals surface area contributed by atoms with Crippen molar-refractivity contribution in [3.8, 4) is 5.75 Å². The zero-order valence-electron chi connectivity index (χ0n) is 18.2. The number of hydrogen-bond donors (Lipinski definition) is 0. The molecule has 0 N–H and O–H groups in total. The van der Waals surface area contributed by atoms with Gasteiger partial charge in [0.1, 0.15) is 12.4 Å². The number of rotatable bonds is 12. The van der Waals surface area contributed by atoms with E-state index in [1.54, 1.807) is 17.1 Å². The summed E-state index contributed by atoms with van der Waals surface area (Å²) in [4.78, 5) is 30.6. The minimum atomic E-state index is -0.365. The van der Waals surface area contributed by atoms with Crippen molar-refractivity contribution in [1.82, 2.24) is 9.88 Å². The van der Waals surface area contributed by atoms with Gasteiger partial charge in [-0.1, -0.05) is 44.2 Å². The number of amides is 1. The first kappa shape index (κ1) is 23.6. The van der Waals surface area contributed by atoms with Gasteiger partial charge in [-0.25, -0.2) is 9.78 Å². The molecule has 0 aliphatic carbocycles. The Bertz CT molecular complexity index is 871. The standard InChI is InChI=1S/C23H30N2O4S2/c1-3-5-12-28-22(27)20-16-31-23(24-20)30-13-11-25-18(9-10-21(25)26)15-29-19-8-6-7-17(4-2)14-19/h6-8,14,16,18H,3-5,9-13,15H2,1-2H3. The van der Waals surface area contributed by atoms with Crippen LogP contribution in [-0.2, 0) is 16.0 Å². The Kier molecular flexibility index (Phi) is 9.21. The van der Waals surface area contributed by atoms with Crippen LogP contribution in [0.15, 0.2) is 34.0 Å². The number of aryl methyl sites for hydroxylation is 1. The van der Waals surface area contributed by atoms with Crippen LogP contribution in [0.3, 0.4) is 0 Å². The molecule has 0 spiro atoms. The SMILES string of the molecule is CCCCOC(=O)c1csc(SCCN2C(=O)CCC2COc2cccc(CC)c2)n1. The van der Waals surface area contributed by atoms with Gasteiger partial charge in [-0.2, -0.15) is 0 Å². The lowest BCUT2D eigenvalue weighted by molar-refractivity contribution is -0.129. The first-order valence-corrected chi connectivity index (χ1v) is 12.7. The van der Waals surface area contributed by atoms with E-state index in [-0.39, 0.29) is 17.9 Å². The number of aromatic nitrogens is 1. The van der Waals surface area contributed by atoms with E-state index in [9.17, 15) is 9.59 Å². The average Bonchev–Trinajstić information content (AvgIpc) is 3.40. The predicted octanol–water partition coefficient (Wildman–Crippen LogP) is 4.82. The lowest BCUT2D eigenvalue weighted by Gasteiger charge is -2.24. The highest BCUT2D eigenvalue weighted by molar-refractivity contribution is 8.01. The number of unbranched alkanes of at least 4 members (excludes halogenated alkanes) is 1. The largest absolute Gasteiger partial charge is 0.491 e. The van der Waals surface area contributed by atoms with E-state index in [1.807, 2.05) is 17.0 Å². The van der Waals surface area contributed by atoms with Crippen LogP contribution in [0.5, 0.6) is 5.75 Å². The van der Waals surface area contributed by atoms with Gasteiger partial charge >= 0.3 is 5.97 Å². The Hall–Kier alpha value is -2.06. The number of thioether (sulfide) groups is 1. The molecule has 6 nitrogen and oxygen atoms in total. The summed E-state index contributed by atoms with van der Waals surface area (Å²) in [6.07, 6.45) is 4.20. The number of nitrogens with zero attached hydrogens (tertiary/aromatic N) is 2. The lowest BCUT2D eigenvalue weighted by Crippen LogP contribution is -2.38. The maximum absolute atomic E-state index is 12.3. The summed E-state index contributed by atoms with van der Waals surface area (Å²) in [5.41, 5.74) is 1.60. The summed E-state index contributed by atoms with van der Waals surface area (Å²) >= 11 is 3.00. The molecular weight excluding hydrogens is 432 g/mol. The number of ether oxygens (including phenoxy) is 2. The van der Waals surface area contributed by atoms with Crippen LogP contribution in [0, 0.1) is 0 Å². The van der Waals surface area contributed by atoms with Gasteiger partial charge in [0.05, 0.1) is 12.6 Å². The third kappa shape index (κ3) is 6.97. The van der Waals surface area contributed by atoms with E-state index in [0.29, 0.717) is 31.9 Å². The van der Waals surface area contributed by atoms with Gasteiger partial charge in [0.15, 0.2) is 10.0 Å². The van der Waals surface area contributed by atoms with Gasteiger partial charge < -0.3 is 14.4 Å². The molecule has 0 saturated carbocycles. The van der Waals surface area contributed by atoms with Crippen molar-refractivity contribution in [3.63, 3.8) is 0 Å². The number of esters is 1. The van der Waals surface area contributed by atoms with Gasteiger partial charge in [0.25, 0.3) is 0 Å². The molecule has 0 radical (unpaired) electrons. The fourth-order valence-electron chi connectivity index (χ4n) is 3.35. The summed E-state index contributed by atoms with van der Waals surface area (Å²) in [5, 5.41) is 1.73. The zero-order valence-corrected chi connectivity index (χ0v) is 19.8. The van der Waals surface area contributed by atoms with Crippen LogP contribution in [0.2, 0.25) is 0 Å². The van der Waals surface area contributed by atoms with Gasteiger partial charge in [-0.05, 0) is 37.0 Å². The zero-order chi connectivity index (χ0) is 22.1. The second-order valence-corrected chi connectivity index (χ2v) is 9.63. The van der Waals surface area contributed by atoms with Crippen LogP contribution in [0.25, 0.3) is 0 Å². The number of hydrogen-bond acceptors (Lipinski definition) is 7. The molecule has 1 atom stereocenters. The Balaban J connectivity index is 1.45. The van der Waals surface area contributed by atoms with Crippen LogP contribution < -0.4 is 4.74 Å². The molecule has 1 fully saturated rings. The molecule has 1 aromatic heterocycles. The average molecular weight is 463 g/mol. The Morgan fingerprint density at radius 1 is 1.35 bits per heavy atom. The van der Waals surface area contributed by atoms with Crippen molar-refractivity contribution in [3.05, 3.63) is 40.9 Å². The quantitative estimate of drug-likeness (QED) is 0.256. The number of likely N-dealkylation sites (tertiary alicyclic amines) is 1. The maximum Gasteiger partial charge on any atom is 0.357 e. The molecular formula is C23H30N2O4S2. The number of carbonyl (C=O) groups excluding carboxylic acids is 2. The molecule has 8 heteroatoms.